The monoisotopic (exact) mass is 416 g/mol. The molecule has 0 saturated carbocycles. The Morgan fingerprint density at radius 1 is 1.16 bits per heavy atom. The van der Waals surface area contributed by atoms with E-state index in [1.54, 1.807) is 30.6 Å². The maximum Gasteiger partial charge on any atom is 0.232 e. The highest BCUT2D eigenvalue weighted by Gasteiger charge is 2.35. The van der Waals surface area contributed by atoms with Crippen LogP contribution in [0.5, 0.6) is 11.5 Å². The third-order valence-corrected chi connectivity index (χ3v) is 5.62. The summed E-state index contributed by atoms with van der Waals surface area (Å²) >= 11 is 0. The second-order valence-corrected chi connectivity index (χ2v) is 7.80. The fourth-order valence-electron chi connectivity index (χ4n) is 3.97. The fraction of sp³-hybridized carbons (Fsp3) is 0.200. The number of fused-ring (bicyclic) bond motifs is 3. The third kappa shape index (κ3) is 3.82. The number of halogens is 1. The van der Waals surface area contributed by atoms with Crippen LogP contribution < -0.4 is 9.47 Å². The first-order valence-electron chi connectivity index (χ1n) is 10.2. The number of hydrogen-bond donors (Lipinski definition) is 0. The van der Waals surface area contributed by atoms with E-state index in [4.69, 9.17) is 9.47 Å². The van der Waals surface area contributed by atoms with Crippen molar-refractivity contribution in [3.05, 3.63) is 94.3 Å². The van der Waals surface area contributed by atoms with Gasteiger partial charge in [-0.2, -0.15) is 0 Å². The maximum absolute atomic E-state index is 13.1. The standard InChI is InChI=1S/C25H21FN2O3/c1-16-12-21-20(14-28(15-30-21)11-8-17-2-4-19(26)5-3-17)25-23(16)24(29)22(31-25)13-18-6-9-27-10-7-18/h2-7,9-10,12-13H,8,11,14-15H2,1H3/b22-13+. The van der Waals surface area contributed by atoms with Gasteiger partial charge in [-0.25, -0.2) is 4.39 Å². The number of carbonyl (C=O) groups is 1. The summed E-state index contributed by atoms with van der Waals surface area (Å²) in [4.78, 5) is 19.2. The van der Waals surface area contributed by atoms with E-state index >= 15 is 0 Å². The van der Waals surface area contributed by atoms with Gasteiger partial charge in [0, 0.05) is 25.5 Å². The molecule has 0 unspecified atom stereocenters. The predicted octanol–water partition coefficient (Wildman–Crippen LogP) is 4.54. The van der Waals surface area contributed by atoms with E-state index in [0.29, 0.717) is 30.3 Å². The Kier molecular flexibility index (Phi) is 5.00. The number of rotatable bonds is 4. The van der Waals surface area contributed by atoms with Crippen molar-refractivity contribution in [2.75, 3.05) is 13.3 Å². The molecule has 6 heteroatoms. The summed E-state index contributed by atoms with van der Waals surface area (Å²) in [6.07, 6.45) is 5.88. The SMILES string of the molecule is Cc1cc2c(c3c1C(=O)/C(=C\c1ccncc1)O3)CN(CCc1ccc(F)cc1)CO2. The summed E-state index contributed by atoms with van der Waals surface area (Å²) in [7, 11) is 0. The van der Waals surface area contributed by atoms with E-state index in [1.807, 2.05) is 25.1 Å². The molecule has 5 rings (SSSR count). The number of allylic oxidation sites excluding steroid dienone is 1. The van der Waals surface area contributed by atoms with Crippen LogP contribution in [0.1, 0.15) is 32.6 Å². The Labute approximate surface area is 179 Å². The lowest BCUT2D eigenvalue weighted by molar-refractivity contribution is 0.0949. The molecule has 3 heterocycles. The molecule has 2 aromatic carbocycles. The van der Waals surface area contributed by atoms with Crippen LogP contribution in [0.15, 0.2) is 60.6 Å². The zero-order chi connectivity index (χ0) is 21.4. The van der Waals surface area contributed by atoms with Crippen LogP contribution in [0.4, 0.5) is 4.39 Å². The molecule has 1 aromatic heterocycles. The molecule has 156 valence electrons. The number of carbonyl (C=O) groups excluding carboxylic acids is 1. The lowest BCUT2D eigenvalue weighted by Gasteiger charge is -2.30. The smallest absolute Gasteiger partial charge is 0.232 e. The summed E-state index contributed by atoms with van der Waals surface area (Å²) in [5.41, 5.74) is 4.25. The quantitative estimate of drug-likeness (QED) is 0.585. The number of ketones is 1. The van der Waals surface area contributed by atoms with Gasteiger partial charge in [0.2, 0.25) is 5.78 Å². The van der Waals surface area contributed by atoms with Crippen molar-refractivity contribution in [3.63, 3.8) is 0 Å². The van der Waals surface area contributed by atoms with Gasteiger partial charge in [-0.15, -0.1) is 0 Å². The zero-order valence-corrected chi connectivity index (χ0v) is 17.1. The molecule has 0 spiro atoms. The van der Waals surface area contributed by atoms with E-state index in [1.165, 1.54) is 12.1 Å². The molecule has 31 heavy (non-hydrogen) atoms. The highest BCUT2D eigenvalue weighted by molar-refractivity contribution is 6.15. The average Bonchev–Trinajstić information content (AvgIpc) is 3.11. The van der Waals surface area contributed by atoms with Crippen LogP contribution in [0.2, 0.25) is 0 Å². The first kappa shape index (κ1) is 19.5. The number of aromatic nitrogens is 1. The van der Waals surface area contributed by atoms with Crippen molar-refractivity contribution < 1.29 is 18.7 Å². The maximum atomic E-state index is 13.1. The predicted molar refractivity (Wildman–Crippen MR) is 114 cm³/mol. The Bertz CT molecular complexity index is 1170. The Balaban J connectivity index is 1.39. The second kappa shape index (κ2) is 7.96. The lowest BCUT2D eigenvalue weighted by Crippen LogP contribution is -2.33. The van der Waals surface area contributed by atoms with Crippen molar-refractivity contribution >= 4 is 11.9 Å². The first-order chi connectivity index (χ1) is 15.1. The van der Waals surface area contributed by atoms with Gasteiger partial charge >= 0.3 is 0 Å². The molecular weight excluding hydrogens is 395 g/mol. The number of nitrogens with zero attached hydrogens (tertiary/aromatic N) is 2. The van der Waals surface area contributed by atoms with Gasteiger partial charge in [-0.05, 0) is 66.4 Å². The van der Waals surface area contributed by atoms with E-state index in [0.717, 1.165) is 41.0 Å². The Morgan fingerprint density at radius 3 is 2.71 bits per heavy atom. The van der Waals surface area contributed by atoms with Gasteiger partial charge in [-0.1, -0.05) is 12.1 Å². The molecule has 0 saturated heterocycles. The molecule has 2 aliphatic heterocycles. The summed E-state index contributed by atoms with van der Waals surface area (Å²) in [5.74, 6) is 1.30. The number of hydrogen-bond acceptors (Lipinski definition) is 5. The van der Waals surface area contributed by atoms with Crippen LogP contribution in [-0.2, 0) is 13.0 Å². The molecule has 0 fully saturated rings. The number of aryl methyl sites for hydroxylation is 1. The minimum atomic E-state index is -0.234. The summed E-state index contributed by atoms with van der Waals surface area (Å²) in [6, 6.07) is 12.1. The van der Waals surface area contributed by atoms with Crippen molar-refractivity contribution in [2.24, 2.45) is 0 Å². The van der Waals surface area contributed by atoms with Crippen molar-refractivity contribution in [3.8, 4) is 11.5 Å². The average molecular weight is 416 g/mol. The summed E-state index contributed by atoms with van der Waals surface area (Å²) in [6.45, 7) is 3.73. The molecule has 0 radical (unpaired) electrons. The largest absolute Gasteiger partial charge is 0.478 e. The highest BCUT2D eigenvalue weighted by atomic mass is 19.1. The minimum absolute atomic E-state index is 0.115. The van der Waals surface area contributed by atoms with Crippen LogP contribution in [-0.4, -0.2) is 28.9 Å². The van der Waals surface area contributed by atoms with Crippen LogP contribution >= 0.6 is 0 Å². The molecule has 3 aromatic rings. The van der Waals surface area contributed by atoms with E-state index in [9.17, 15) is 9.18 Å². The van der Waals surface area contributed by atoms with Gasteiger partial charge in [0.15, 0.2) is 5.76 Å². The Morgan fingerprint density at radius 2 is 1.94 bits per heavy atom. The Hall–Kier alpha value is -3.51. The number of benzene rings is 2. The molecular formula is C25H21FN2O3. The number of Topliss-reactive ketones (excluding diaryl/α,β-unsaturated/α-hetero) is 1. The van der Waals surface area contributed by atoms with Crippen molar-refractivity contribution in [1.29, 1.82) is 0 Å². The highest BCUT2D eigenvalue weighted by Crippen LogP contribution is 2.44. The minimum Gasteiger partial charge on any atom is -0.478 e. The van der Waals surface area contributed by atoms with E-state index < -0.39 is 0 Å². The van der Waals surface area contributed by atoms with Crippen molar-refractivity contribution in [1.82, 2.24) is 9.88 Å². The molecule has 5 nitrogen and oxygen atoms in total. The topological polar surface area (TPSA) is 51.7 Å². The van der Waals surface area contributed by atoms with Crippen molar-refractivity contribution in [2.45, 2.75) is 19.9 Å². The molecule has 0 amide bonds. The van der Waals surface area contributed by atoms with Crippen LogP contribution in [0, 0.1) is 12.7 Å². The van der Waals surface area contributed by atoms with Crippen LogP contribution in [0.3, 0.4) is 0 Å². The molecule has 0 aliphatic carbocycles. The fourth-order valence-corrected chi connectivity index (χ4v) is 3.97. The van der Waals surface area contributed by atoms with Gasteiger partial charge < -0.3 is 9.47 Å². The van der Waals surface area contributed by atoms with Gasteiger partial charge in [0.05, 0.1) is 11.1 Å². The van der Waals surface area contributed by atoms with Gasteiger partial charge in [0.1, 0.15) is 24.0 Å². The van der Waals surface area contributed by atoms with E-state index in [2.05, 4.69) is 9.88 Å². The van der Waals surface area contributed by atoms with Gasteiger partial charge in [0.25, 0.3) is 0 Å². The van der Waals surface area contributed by atoms with E-state index in [-0.39, 0.29) is 11.6 Å². The van der Waals surface area contributed by atoms with Crippen LogP contribution in [0.25, 0.3) is 6.08 Å². The lowest BCUT2D eigenvalue weighted by atomic mass is 9.98. The molecule has 0 bridgehead atoms. The zero-order valence-electron chi connectivity index (χ0n) is 17.1. The summed E-state index contributed by atoms with van der Waals surface area (Å²) < 4.78 is 25.2. The number of pyridine rings is 1. The molecule has 0 atom stereocenters. The third-order valence-electron chi connectivity index (χ3n) is 5.62. The normalized spacial score (nSPS) is 16.6. The molecule has 2 aliphatic rings. The molecule has 0 N–H and O–H groups in total. The second-order valence-electron chi connectivity index (χ2n) is 7.80. The van der Waals surface area contributed by atoms with Gasteiger partial charge in [-0.3, -0.25) is 14.7 Å². The summed E-state index contributed by atoms with van der Waals surface area (Å²) in [5, 5.41) is 0. The number of ether oxygens (including phenoxy) is 2. The first-order valence-corrected chi connectivity index (χ1v) is 10.2.